The molecule has 0 N–H and O–H groups in total. The first-order chi connectivity index (χ1) is 12.8. The Kier molecular flexibility index (Phi) is 6.05. The third kappa shape index (κ3) is 5.01. The molecule has 0 spiro atoms. The SMILES string of the molecule is Cc1ccc(C(C)(C)C)cc1SCC(=O)N1CCN(c2ncccn2)CC1. The molecular formula is C21H28N4OS. The number of hydrogen-bond donors (Lipinski definition) is 0. The maximum atomic E-state index is 12.7. The number of piperazine rings is 1. The molecule has 1 fully saturated rings. The molecule has 5 nitrogen and oxygen atoms in total. The van der Waals surface area contributed by atoms with Gasteiger partial charge in [0.15, 0.2) is 0 Å². The molecule has 1 aromatic carbocycles. The molecule has 0 atom stereocenters. The number of amides is 1. The van der Waals surface area contributed by atoms with Gasteiger partial charge in [0.2, 0.25) is 11.9 Å². The molecule has 1 saturated heterocycles. The first-order valence-corrected chi connectivity index (χ1v) is 10.4. The smallest absolute Gasteiger partial charge is 0.233 e. The van der Waals surface area contributed by atoms with Crippen LogP contribution in [0.1, 0.15) is 31.9 Å². The normalized spacial score (nSPS) is 15.1. The van der Waals surface area contributed by atoms with E-state index in [9.17, 15) is 4.79 Å². The van der Waals surface area contributed by atoms with E-state index in [1.54, 1.807) is 24.2 Å². The molecule has 0 unspecified atom stereocenters. The van der Waals surface area contributed by atoms with Crippen molar-refractivity contribution >= 4 is 23.6 Å². The second-order valence-corrected chi connectivity index (χ2v) is 8.95. The largest absolute Gasteiger partial charge is 0.338 e. The van der Waals surface area contributed by atoms with Gasteiger partial charge in [0.05, 0.1) is 5.75 Å². The molecule has 1 amide bonds. The molecular weight excluding hydrogens is 356 g/mol. The zero-order valence-electron chi connectivity index (χ0n) is 16.6. The van der Waals surface area contributed by atoms with E-state index in [1.807, 2.05) is 11.0 Å². The third-order valence-corrected chi connectivity index (χ3v) is 6.01. The van der Waals surface area contributed by atoms with Crippen molar-refractivity contribution in [2.75, 3.05) is 36.8 Å². The Bertz CT molecular complexity index is 781. The van der Waals surface area contributed by atoms with Gasteiger partial charge in [-0.3, -0.25) is 4.79 Å². The lowest BCUT2D eigenvalue weighted by atomic mass is 9.87. The van der Waals surface area contributed by atoms with Gasteiger partial charge in [0.1, 0.15) is 0 Å². The topological polar surface area (TPSA) is 49.3 Å². The molecule has 2 heterocycles. The number of carbonyl (C=O) groups is 1. The zero-order valence-corrected chi connectivity index (χ0v) is 17.4. The maximum absolute atomic E-state index is 12.7. The number of benzene rings is 1. The van der Waals surface area contributed by atoms with Crippen LogP contribution in [0.4, 0.5) is 5.95 Å². The summed E-state index contributed by atoms with van der Waals surface area (Å²) in [5.74, 6) is 1.43. The highest BCUT2D eigenvalue weighted by Gasteiger charge is 2.23. The fourth-order valence-corrected chi connectivity index (χ4v) is 4.03. The highest BCUT2D eigenvalue weighted by molar-refractivity contribution is 8.00. The Morgan fingerprint density at radius 2 is 1.78 bits per heavy atom. The maximum Gasteiger partial charge on any atom is 0.233 e. The quantitative estimate of drug-likeness (QED) is 0.755. The van der Waals surface area contributed by atoms with Crippen LogP contribution in [0.3, 0.4) is 0 Å². The first-order valence-electron chi connectivity index (χ1n) is 9.38. The Morgan fingerprint density at radius 1 is 1.11 bits per heavy atom. The molecule has 27 heavy (non-hydrogen) atoms. The van der Waals surface area contributed by atoms with Gasteiger partial charge in [-0.05, 0) is 35.6 Å². The number of carbonyl (C=O) groups excluding carboxylic acids is 1. The monoisotopic (exact) mass is 384 g/mol. The summed E-state index contributed by atoms with van der Waals surface area (Å²) in [6.45, 7) is 11.8. The summed E-state index contributed by atoms with van der Waals surface area (Å²) in [7, 11) is 0. The van der Waals surface area contributed by atoms with Crippen LogP contribution in [0.5, 0.6) is 0 Å². The van der Waals surface area contributed by atoms with Crippen LogP contribution in [0.25, 0.3) is 0 Å². The van der Waals surface area contributed by atoms with E-state index in [0.717, 1.165) is 32.1 Å². The van der Waals surface area contributed by atoms with Crippen molar-refractivity contribution in [2.45, 2.75) is 38.0 Å². The minimum atomic E-state index is 0.114. The lowest BCUT2D eigenvalue weighted by Crippen LogP contribution is -2.49. The molecule has 0 radical (unpaired) electrons. The minimum Gasteiger partial charge on any atom is -0.338 e. The zero-order chi connectivity index (χ0) is 19.4. The molecule has 0 bridgehead atoms. The predicted octanol–water partition coefficient (Wildman–Crippen LogP) is 3.52. The van der Waals surface area contributed by atoms with Crippen LogP contribution in [0.15, 0.2) is 41.6 Å². The van der Waals surface area contributed by atoms with Crippen LogP contribution < -0.4 is 4.90 Å². The molecule has 1 aliphatic heterocycles. The van der Waals surface area contributed by atoms with E-state index in [0.29, 0.717) is 5.75 Å². The Hall–Kier alpha value is -2.08. The summed E-state index contributed by atoms with van der Waals surface area (Å²) in [6, 6.07) is 8.40. The molecule has 2 aromatic rings. The van der Waals surface area contributed by atoms with Crippen molar-refractivity contribution < 1.29 is 4.79 Å². The van der Waals surface area contributed by atoms with E-state index in [1.165, 1.54) is 16.0 Å². The minimum absolute atomic E-state index is 0.114. The summed E-state index contributed by atoms with van der Waals surface area (Å²) in [4.78, 5) is 26.5. The highest BCUT2D eigenvalue weighted by atomic mass is 32.2. The fourth-order valence-electron chi connectivity index (χ4n) is 3.06. The van der Waals surface area contributed by atoms with Gasteiger partial charge in [-0.2, -0.15) is 0 Å². The van der Waals surface area contributed by atoms with Crippen LogP contribution in [0.2, 0.25) is 0 Å². The van der Waals surface area contributed by atoms with Gasteiger partial charge in [0.25, 0.3) is 0 Å². The van der Waals surface area contributed by atoms with Crippen molar-refractivity contribution in [1.29, 1.82) is 0 Å². The summed E-state index contributed by atoms with van der Waals surface area (Å²) < 4.78 is 0. The van der Waals surface area contributed by atoms with E-state index < -0.39 is 0 Å². The number of hydrogen-bond acceptors (Lipinski definition) is 5. The molecule has 6 heteroatoms. The van der Waals surface area contributed by atoms with E-state index in [2.05, 4.69) is 60.8 Å². The second-order valence-electron chi connectivity index (χ2n) is 7.94. The Morgan fingerprint density at radius 3 is 2.41 bits per heavy atom. The van der Waals surface area contributed by atoms with Crippen LogP contribution in [0, 0.1) is 6.92 Å². The van der Waals surface area contributed by atoms with Crippen molar-refractivity contribution in [2.24, 2.45) is 0 Å². The van der Waals surface area contributed by atoms with Gasteiger partial charge < -0.3 is 9.80 Å². The van der Waals surface area contributed by atoms with Gasteiger partial charge in [-0.15, -0.1) is 11.8 Å². The van der Waals surface area contributed by atoms with Gasteiger partial charge in [-0.25, -0.2) is 9.97 Å². The van der Waals surface area contributed by atoms with Gasteiger partial charge in [-0.1, -0.05) is 32.9 Å². The van der Waals surface area contributed by atoms with Crippen molar-refractivity contribution in [1.82, 2.24) is 14.9 Å². The highest BCUT2D eigenvalue weighted by Crippen LogP contribution is 2.30. The van der Waals surface area contributed by atoms with Crippen molar-refractivity contribution in [3.05, 3.63) is 47.8 Å². The Labute approximate surface area is 166 Å². The molecule has 1 aromatic heterocycles. The summed E-state index contributed by atoms with van der Waals surface area (Å²) >= 11 is 1.65. The predicted molar refractivity (Wildman–Crippen MR) is 111 cm³/mol. The van der Waals surface area contributed by atoms with Crippen LogP contribution in [-0.2, 0) is 10.2 Å². The number of aryl methyl sites for hydroxylation is 1. The van der Waals surface area contributed by atoms with Gasteiger partial charge in [0, 0.05) is 43.5 Å². The van der Waals surface area contributed by atoms with E-state index in [-0.39, 0.29) is 11.3 Å². The van der Waals surface area contributed by atoms with Crippen molar-refractivity contribution in [3.63, 3.8) is 0 Å². The summed E-state index contributed by atoms with van der Waals surface area (Å²) in [6.07, 6.45) is 3.51. The third-order valence-electron chi connectivity index (χ3n) is 4.87. The molecule has 0 saturated carbocycles. The standard InChI is InChI=1S/C21H28N4OS/c1-16-6-7-17(21(2,3)4)14-18(16)27-15-19(26)24-10-12-25(13-11-24)20-22-8-5-9-23-20/h5-9,14H,10-13,15H2,1-4H3. The lowest BCUT2D eigenvalue weighted by Gasteiger charge is -2.34. The second kappa shape index (κ2) is 8.30. The van der Waals surface area contributed by atoms with E-state index in [4.69, 9.17) is 0 Å². The number of thioether (sulfide) groups is 1. The molecule has 144 valence electrons. The Balaban J connectivity index is 1.55. The number of rotatable bonds is 4. The number of nitrogens with zero attached hydrogens (tertiary/aromatic N) is 4. The summed E-state index contributed by atoms with van der Waals surface area (Å²) in [5, 5.41) is 0. The molecule has 1 aliphatic rings. The molecule has 0 aliphatic carbocycles. The van der Waals surface area contributed by atoms with Crippen LogP contribution >= 0.6 is 11.8 Å². The van der Waals surface area contributed by atoms with Crippen molar-refractivity contribution in [3.8, 4) is 0 Å². The van der Waals surface area contributed by atoms with Gasteiger partial charge >= 0.3 is 0 Å². The number of aromatic nitrogens is 2. The van der Waals surface area contributed by atoms with Crippen LogP contribution in [-0.4, -0.2) is 52.7 Å². The average molecular weight is 385 g/mol. The average Bonchev–Trinajstić information content (AvgIpc) is 2.67. The number of anilines is 1. The fraction of sp³-hybridized carbons (Fsp3) is 0.476. The first kappa shape index (κ1) is 19.7. The molecule has 3 rings (SSSR count). The van der Waals surface area contributed by atoms with E-state index >= 15 is 0 Å². The summed E-state index contributed by atoms with van der Waals surface area (Å²) in [5.41, 5.74) is 2.65. The lowest BCUT2D eigenvalue weighted by molar-refractivity contribution is -0.128.